The van der Waals surface area contributed by atoms with Gasteiger partial charge in [-0.15, -0.1) is 0 Å². The minimum absolute atomic E-state index is 0.122. The molecule has 0 spiro atoms. The van der Waals surface area contributed by atoms with Gasteiger partial charge in [0.2, 0.25) is 0 Å². The highest BCUT2D eigenvalue weighted by atomic mass is 31.1. The maximum Gasteiger partial charge on any atom is 0.260 e. The number of hydroxylamine groups is 2. The summed E-state index contributed by atoms with van der Waals surface area (Å²) >= 11 is 0. The summed E-state index contributed by atoms with van der Waals surface area (Å²) in [5, 5.41) is 1.32. The molecule has 0 aliphatic carbocycles. The molecule has 0 radical (unpaired) electrons. The van der Waals surface area contributed by atoms with Gasteiger partial charge in [0.25, 0.3) is 5.91 Å². The second-order valence-electron chi connectivity index (χ2n) is 4.98. The average Bonchev–Trinajstić information content (AvgIpc) is 2.69. The minimum Gasteiger partial charge on any atom is -0.293 e. The van der Waals surface area contributed by atoms with Crippen LogP contribution >= 0.6 is 8.81 Å². The predicted octanol–water partition coefficient (Wildman–Crippen LogP) is 2.57. The van der Waals surface area contributed by atoms with E-state index in [4.69, 9.17) is 4.62 Å². The molecule has 0 aromatic heterocycles. The molecule has 0 saturated carbocycles. The molecule has 102 valence electrons. The molecule has 1 saturated heterocycles. The predicted molar refractivity (Wildman–Crippen MR) is 75.3 cm³/mol. The SMILES string of the molecule is CPON1CC[C@@](C)(C(=O)c2ccc(C)cc2)C1=O. The van der Waals surface area contributed by atoms with E-state index < -0.39 is 5.41 Å². The Bertz CT molecular complexity index is 500. The fourth-order valence-corrected chi connectivity index (χ4v) is 2.63. The number of nitrogens with zero attached hydrogens (tertiary/aromatic N) is 1. The van der Waals surface area contributed by atoms with Gasteiger partial charge in [-0.05, 0) is 26.9 Å². The van der Waals surface area contributed by atoms with Crippen molar-refractivity contribution < 1.29 is 14.2 Å². The Kier molecular flexibility index (Phi) is 4.02. The number of amides is 1. The van der Waals surface area contributed by atoms with Crippen molar-refractivity contribution in [2.75, 3.05) is 13.2 Å². The molecule has 5 heteroatoms. The molecule has 1 unspecified atom stereocenters. The summed E-state index contributed by atoms with van der Waals surface area (Å²) in [6.45, 7) is 6.01. The van der Waals surface area contributed by atoms with Crippen molar-refractivity contribution in [2.45, 2.75) is 20.3 Å². The van der Waals surface area contributed by atoms with Crippen LogP contribution < -0.4 is 0 Å². The van der Waals surface area contributed by atoms with Gasteiger partial charge in [0.15, 0.2) is 5.78 Å². The standard InChI is InChI=1S/C14H18NO3P/c1-10-4-6-11(7-5-10)12(16)14(2)8-9-15(13(14)17)18-19-3/h4-7,19H,8-9H2,1-3H3/t14-/m0/s1. The van der Waals surface area contributed by atoms with E-state index >= 15 is 0 Å². The fraction of sp³-hybridized carbons (Fsp3) is 0.429. The third kappa shape index (κ3) is 2.56. The topological polar surface area (TPSA) is 46.6 Å². The van der Waals surface area contributed by atoms with Gasteiger partial charge >= 0.3 is 0 Å². The number of hydrogen-bond acceptors (Lipinski definition) is 3. The van der Waals surface area contributed by atoms with Crippen LogP contribution in [0.5, 0.6) is 0 Å². The van der Waals surface area contributed by atoms with Gasteiger partial charge < -0.3 is 0 Å². The number of rotatable bonds is 4. The van der Waals surface area contributed by atoms with Gasteiger partial charge in [0, 0.05) is 14.4 Å². The first-order chi connectivity index (χ1) is 8.99. The second kappa shape index (κ2) is 5.40. The first kappa shape index (κ1) is 14.2. The zero-order valence-electron chi connectivity index (χ0n) is 11.4. The van der Waals surface area contributed by atoms with Gasteiger partial charge in [0.05, 0.1) is 6.54 Å². The average molecular weight is 279 g/mol. The number of carbonyl (C=O) groups excluding carboxylic acids is 2. The Morgan fingerprint density at radius 3 is 2.58 bits per heavy atom. The number of ketones is 1. The Labute approximate surface area is 114 Å². The van der Waals surface area contributed by atoms with Crippen molar-refractivity contribution in [3.05, 3.63) is 35.4 Å². The normalized spacial score (nSPS) is 23.5. The highest BCUT2D eigenvalue weighted by Gasteiger charge is 2.49. The lowest BCUT2D eigenvalue weighted by atomic mass is 9.81. The second-order valence-corrected chi connectivity index (χ2v) is 5.57. The van der Waals surface area contributed by atoms with Crippen LogP contribution in [0.4, 0.5) is 0 Å². The minimum atomic E-state index is -0.991. The zero-order chi connectivity index (χ0) is 14.0. The van der Waals surface area contributed by atoms with Gasteiger partial charge in [0.1, 0.15) is 5.41 Å². The molecule has 0 bridgehead atoms. The molecule has 1 fully saturated rings. The highest BCUT2D eigenvalue weighted by molar-refractivity contribution is 7.31. The molecular formula is C14H18NO3P. The van der Waals surface area contributed by atoms with Gasteiger partial charge in [-0.3, -0.25) is 14.2 Å². The molecule has 2 atom stereocenters. The van der Waals surface area contributed by atoms with E-state index in [9.17, 15) is 9.59 Å². The first-order valence-electron chi connectivity index (χ1n) is 6.26. The molecule has 4 nitrogen and oxygen atoms in total. The molecule has 1 amide bonds. The van der Waals surface area contributed by atoms with E-state index in [1.807, 2.05) is 25.7 Å². The zero-order valence-corrected chi connectivity index (χ0v) is 12.4. The summed E-state index contributed by atoms with van der Waals surface area (Å²) in [5.41, 5.74) is 0.688. The molecule has 1 aliphatic heterocycles. The van der Waals surface area contributed by atoms with Crippen LogP contribution in [0.2, 0.25) is 0 Å². The number of hydrogen-bond donors (Lipinski definition) is 0. The van der Waals surface area contributed by atoms with Gasteiger partial charge in [-0.2, -0.15) is 0 Å². The van der Waals surface area contributed by atoms with Crippen LogP contribution in [0, 0.1) is 12.3 Å². The number of aryl methyl sites for hydroxylation is 1. The molecule has 1 heterocycles. The monoisotopic (exact) mass is 279 g/mol. The summed E-state index contributed by atoms with van der Waals surface area (Å²) < 4.78 is 5.28. The van der Waals surface area contributed by atoms with E-state index in [0.29, 0.717) is 18.5 Å². The van der Waals surface area contributed by atoms with Gasteiger partial charge in [-0.1, -0.05) is 29.8 Å². The molecular weight excluding hydrogens is 261 g/mol. The van der Waals surface area contributed by atoms with Crippen LogP contribution in [0.1, 0.15) is 29.3 Å². The van der Waals surface area contributed by atoms with Crippen molar-refractivity contribution >= 4 is 20.5 Å². The Hall–Kier alpha value is -1.25. The first-order valence-corrected chi connectivity index (χ1v) is 7.67. The third-order valence-electron chi connectivity index (χ3n) is 3.53. The van der Waals surface area contributed by atoms with E-state index in [1.165, 1.54) is 5.06 Å². The number of benzene rings is 1. The maximum absolute atomic E-state index is 12.5. The van der Waals surface area contributed by atoms with Crippen molar-refractivity contribution in [1.82, 2.24) is 5.06 Å². The Morgan fingerprint density at radius 1 is 1.37 bits per heavy atom. The lowest BCUT2D eigenvalue weighted by molar-refractivity contribution is -0.153. The summed E-state index contributed by atoms with van der Waals surface area (Å²) in [5.74, 6) is -0.351. The molecule has 2 rings (SSSR count). The Morgan fingerprint density at radius 2 is 2.00 bits per heavy atom. The van der Waals surface area contributed by atoms with Crippen molar-refractivity contribution in [3.8, 4) is 0 Å². The lowest BCUT2D eigenvalue weighted by Gasteiger charge is -2.21. The third-order valence-corrected chi connectivity index (χ3v) is 3.93. The highest BCUT2D eigenvalue weighted by Crippen LogP contribution is 2.36. The van der Waals surface area contributed by atoms with Crippen LogP contribution in [0.25, 0.3) is 0 Å². The van der Waals surface area contributed by atoms with Crippen molar-refractivity contribution in [2.24, 2.45) is 5.41 Å². The van der Waals surface area contributed by atoms with Crippen LogP contribution in [0.3, 0.4) is 0 Å². The summed E-state index contributed by atoms with van der Waals surface area (Å²) in [6, 6.07) is 7.33. The number of Topliss-reactive ketones (excluding diaryl/α,β-unsaturated/α-hetero) is 1. The van der Waals surface area contributed by atoms with Crippen molar-refractivity contribution in [3.63, 3.8) is 0 Å². The fourth-order valence-electron chi connectivity index (χ4n) is 2.24. The smallest absolute Gasteiger partial charge is 0.260 e. The van der Waals surface area contributed by atoms with E-state index in [-0.39, 0.29) is 20.5 Å². The van der Waals surface area contributed by atoms with Crippen LogP contribution in [-0.2, 0) is 9.42 Å². The van der Waals surface area contributed by atoms with E-state index in [1.54, 1.807) is 19.1 Å². The van der Waals surface area contributed by atoms with Crippen LogP contribution in [-0.4, -0.2) is 30.0 Å². The van der Waals surface area contributed by atoms with Crippen LogP contribution in [0.15, 0.2) is 24.3 Å². The quantitative estimate of drug-likeness (QED) is 0.483. The maximum atomic E-state index is 12.5. The Balaban J connectivity index is 2.23. The number of carbonyl (C=O) groups is 2. The van der Waals surface area contributed by atoms with E-state index in [2.05, 4.69) is 0 Å². The largest absolute Gasteiger partial charge is 0.293 e. The lowest BCUT2D eigenvalue weighted by Crippen LogP contribution is -2.37. The summed E-state index contributed by atoms with van der Waals surface area (Å²) in [7, 11) is 0.206. The summed E-state index contributed by atoms with van der Waals surface area (Å²) in [4.78, 5) is 24.8. The van der Waals surface area contributed by atoms with Crippen molar-refractivity contribution in [1.29, 1.82) is 0 Å². The molecule has 1 aromatic rings. The summed E-state index contributed by atoms with van der Waals surface area (Å²) in [6.07, 6.45) is 0.503. The molecule has 1 aromatic carbocycles. The van der Waals surface area contributed by atoms with E-state index in [0.717, 1.165) is 5.56 Å². The van der Waals surface area contributed by atoms with Gasteiger partial charge in [-0.25, -0.2) is 5.06 Å². The molecule has 0 N–H and O–H groups in total. The molecule has 19 heavy (non-hydrogen) atoms. The molecule has 1 aliphatic rings.